The summed E-state index contributed by atoms with van der Waals surface area (Å²) >= 11 is 0. The van der Waals surface area contributed by atoms with E-state index >= 15 is 0 Å². The Morgan fingerprint density at radius 1 is 1.26 bits per heavy atom. The molecule has 0 atom stereocenters. The van der Waals surface area contributed by atoms with E-state index in [4.69, 9.17) is 9.47 Å². The Balaban J connectivity index is 1.87. The SMILES string of the molecule is COc1cccc(/C=C/C(=O)OCC(=O)Nc2ccc(F)c([N+](=O)[O-])c2)c1. The minimum Gasteiger partial charge on any atom is -0.497 e. The second kappa shape index (κ2) is 9.09. The lowest BCUT2D eigenvalue weighted by atomic mass is 10.2. The van der Waals surface area contributed by atoms with Gasteiger partial charge >= 0.3 is 11.7 Å². The smallest absolute Gasteiger partial charge is 0.331 e. The first-order valence-electron chi connectivity index (χ1n) is 7.61. The van der Waals surface area contributed by atoms with Crippen LogP contribution < -0.4 is 10.1 Å². The third kappa shape index (κ3) is 5.92. The lowest BCUT2D eigenvalue weighted by molar-refractivity contribution is -0.387. The third-order valence-corrected chi connectivity index (χ3v) is 3.28. The minimum atomic E-state index is -1.02. The van der Waals surface area contributed by atoms with Crippen molar-refractivity contribution >= 4 is 29.3 Å². The molecule has 0 bridgehead atoms. The topological polar surface area (TPSA) is 108 Å². The fraction of sp³-hybridized carbons (Fsp3) is 0.111. The molecular formula is C18H15FN2O6. The average Bonchev–Trinajstić information content (AvgIpc) is 2.66. The number of benzene rings is 2. The number of nitro groups is 1. The number of nitrogens with one attached hydrogen (secondary N) is 1. The zero-order valence-electron chi connectivity index (χ0n) is 14.2. The van der Waals surface area contributed by atoms with Crippen LogP contribution in [0.4, 0.5) is 15.8 Å². The summed E-state index contributed by atoms with van der Waals surface area (Å²) in [5, 5.41) is 13.0. The van der Waals surface area contributed by atoms with Crippen LogP contribution in [0.2, 0.25) is 0 Å². The van der Waals surface area contributed by atoms with E-state index in [1.165, 1.54) is 13.2 Å². The Labute approximate surface area is 153 Å². The highest BCUT2D eigenvalue weighted by atomic mass is 19.1. The number of ether oxygens (including phenoxy) is 2. The summed E-state index contributed by atoms with van der Waals surface area (Å²) in [5.74, 6) is -1.87. The Morgan fingerprint density at radius 3 is 2.74 bits per heavy atom. The predicted octanol–water partition coefficient (Wildman–Crippen LogP) is 2.94. The highest BCUT2D eigenvalue weighted by molar-refractivity contribution is 5.94. The van der Waals surface area contributed by atoms with Crippen LogP contribution in [-0.2, 0) is 14.3 Å². The molecule has 1 N–H and O–H groups in total. The number of nitro benzene ring substituents is 1. The van der Waals surface area contributed by atoms with E-state index < -0.39 is 34.9 Å². The molecular weight excluding hydrogens is 359 g/mol. The molecule has 140 valence electrons. The molecule has 1 amide bonds. The number of rotatable bonds is 7. The number of nitrogens with zero attached hydrogens (tertiary/aromatic N) is 1. The molecule has 0 spiro atoms. The van der Waals surface area contributed by atoms with Crippen molar-refractivity contribution in [1.82, 2.24) is 0 Å². The molecule has 0 saturated carbocycles. The highest BCUT2D eigenvalue weighted by Gasteiger charge is 2.15. The average molecular weight is 374 g/mol. The zero-order chi connectivity index (χ0) is 19.8. The van der Waals surface area contributed by atoms with Gasteiger partial charge in [0.15, 0.2) is 6.61 Å². The van der Waals surface area contributed by atoms with E-state index in [9.17, 15) is 24.1 Å². The van der Waals surface area contributed by atoms with Gasteiger partial charge in [0.2, 0.25) is 5.82 Å². The lowest BCUT2D eigenvalue weighted by Crippen LogP contribution is -2.20. The van der Waals surface area contributed by atoms with Gasteiger partial charge < -0.3 is 14.8 Å². The maximum absolute atomic E-state index is 13.2. The van der Waals surface area contributed by atoms with Crippen LogP contribution in [0.1, 0.15) is 5.56 Å². The molecule has 0 saturated heterocycles. The number of halogens is 1. The van der Waals surface area contributed by atoms with Crippen LogP contribution in [0.25, 0.3) is 6.08 Å². The number of amides is 1. The van der Waals surface area contributed by atoms with Crippen molar-refractivity contribution in [2.24, 2.45) is 0 Å². The molecule has 9 heteroatoms. The summed E-state index contributed by atoms with van der Waals surface area (Å²) in [7, 11) is 1.52. The normalized spacial score (nSPS) is 10.4. The number of anilines is 1. The molecule has 0 aliphatic heterocycles. The standard InChI is InChI=1S/C18H15FN2O6/c1-26-14-4-2-3-12(9-14)5-8-18(23)27-11-17(22)20-13-6-7-15(19)16(10-13)21(24)25/h2-10H,11H2,1H3,(H,20,22)/b8-5+. The highest BCUT2D eigenvalue weighted by Crippen LogP contribution is 2.21. The molecule has 0 fully saturated rings. The number of hydrogen-bond acceptors (Lipinski definition) is 6. The van der Waals surface area contributed by atoms with Gasteiger partial charge in [0.05, 0.1) is 12.0 Å². The Morgan fingerprint density at radius 2 is 2.04 bits per heavy atom. The fourth-order valence-electron chi connectivity index (χ4n) is 2.02. The molecule has 0 heterocycles. The molecule has 2 aromatic carbocycles. The van der Waals surface area contributed by atoms with Gasteiger partial charge in [-0.05, 0) is 35.9 Å². The van der Waals surface area contributed by atoms with Gasteiger partial charge in [-0.1, -0.05) is 12.1 Å². The van der Waals surface area contributed by atoms with Gasteiger partial charge in [-0.15, -0.1) is 0 Å². The summed E-state index contributed by atoms with van der Waals surface area (Å²) < 4.78 is 23.1. The van der Waals surface area contributed by atoms with Crippen molar-refractivity contribution in [2.75, 3.05) is 19.0 Å². The Hall–Kier alpha value is -3.75. The van der Waals surface area contributed by atoms with Crippen molar-refractivity contribution in [3.05, 3.63) is 70.0 Å². The van der Waals surface area contributed by atoms with Crippen molar-refractivity contribution in [3.8, 4) is 5.75 Å². The predicted molar refractivity (Wildman–Crippen MR) is 94.7 cm³/mol. The molecule has 0 aliphatic rings. The van der Waals surface area contributed by atoms with E-state index in [1.54, 1.807) is 24.3 Å². The second-order valence-electron chi connectivity index (χ2n) is 5.19. The summed E-state index contributed by atoms with van der Waals surface area (Å²) in [4.78, 5) is 33.2. The second-order valence-corrected chi connectivity index (χ2v) is 5.19. The van der Waals surface area contributed by atoms with Crippen molar-refractivity contribution < 1.29 is 28.4 Å². The van der Waals surface area contributed by atoms with Crippen LogP contribution in [0.5, 0.6) is 5.75 Å². The third-order valence-electron chi connectivity index (χ3n) is 3.28. The Bertz CT molecular complexity index is 897. The van der Waals surface area contributed by atoms with Gasteiger partial charge in [0.1, 0.15) is 5.75 Å². The van der Waals surface area contributed by atoms with Gasteiger partial charge in [-0.25, -0.2) is 4.79 Å². The number of hydrogen-bond donors (Lipinski definition) is 1. The fourth-order valence-corrected chi connectivity index (χ4v) is 2.02. The van der Waals surface area contributed by atoms with Gasteiger partial charge in [0.25, 0.3) is 5.91 Å². The summed E-state index contributed by atoms with van der Waals surface area (Å²) in [6, 6.07) is 9.84. The first-order valence-corrected chi connectivity index (χ1v) is 7.61. The first-order chi connectivity index (χ1) is 12.9. The maximum Gasteiger partial charge on any atom is 0.331 e. The van der Waals surface area contributed by atoms with Crippen LogP contribution in [0.15, 0.2) is 48.5 Å². The van der Waals surface area contributed by atoms with Gasteiger partial charge in [0, 0.05) is 17.8 Å². The molecule has 2 aromatic rings. The van der Waals surface area contributed by atoms with Crippen LogP contribution in [-0.4, -0.2) is 30.5 Å². The number of carbonyl (C=O) groups is 2. The van der Waals surface area contributed by atoms with E-state index in [2.05, 4.69) is 5.32 Å². The van der Waals surface area contributed by atoms with E-state index in [1.807, 2.05) is 0 Å². The van der Waals surface area contributed by atoms with Crippen molar-refractivity contribution in [2.45, 2.75) is 0 Å². The number of methoxy groups -OCH3 is 1. The molecule has 2 rings (SSSR count). The monoisotopic (exact) mass is 374 g/mol. The van der Waals surface area contributed by atoms with Gasteiger partial charge in [-0.2, -0.15) is 4.39 Å². The molecule has 0 unspecified atom stereocenters. The zero-order valence-corrected chi connectivity index (χ0v) is 14.2. The number of esters is 1. The van der Waals surface area contributed by atoms with E-state index in [-0.39, 0.29) is 5.69 Å². The van der Waals surface area contributed by atoms with Crippen LogP contribution >= 0.6 is 0 Å². The Kier molecular flexibility index (Phi) is 6.59. The maximum atomic E-state index is 13.2. The van der Waals surface area contributed by atoms with Crippen molar-refractivity contribution in [1.29, 1.82) is 0 Å². The first kappa shape index (κ1) is 19.6. The summed E-state index contributed by atoms with van der Waals surface area (Å²) in [6.07, 6.45) is 2.64. The van der Waals surface area contributed by atoms with E-state index in [0.717, 1.165) is 24.3 Å². The molecule has 0 radical (unpaired) electrons. The molecule has 0 aromatic heterocycles. The largest absolute Gasteiger partial charge is 0.497 e. The molecule has 8 nitrogen and oxygen atoms in total. The molecule has 27 heavy (non-hydrogen) atoms. The molecule has 0 aliphatic carbocycles. The van der Waals surface area contributed by atoms with E-state index in [0.29, 0.717) is 11.3 Å². The van der Waals surface area contributed by atoms with Crippen LogP contribution in [0, 0.1) is 15.9 Å². The van der Waals surface area contributed by atoms with Gasteiger partial charge in [-0.3, -0.25) is 14.9 Å². The summed E-state index contributed by atoms with van der Waals surface area (Å²) in [5.41, 5.74) is -0.0588. The number of carbonyl (C=O) groups excluding carboxylic acids is 2. The lowest BCUT2D eigenvalue weighted by Gasteiger charge is -2.05. The van der Waals surface area contributed by atoms with Crippen molar-refractivity contribution in [3.63, 3.8) is 0 Å². The minimum absolute atomic E-state index is 0.0103. The summed E-state index contributed by atoms with van der Waals surface area (Å²) in [6.45, 7) is -0.605. The quantitative estimate of drug-likeness (QED) is 0.345. The van der Waals surface area contributed by atoms with Crippen LogP contribution in [0.3, 0.4) is 0 Å².